The fourth-order valence-electron chi connectivity index (χ4n) is 4.79. The van der Waals surface area contributed by atoms with Crippen LogP contribution < -0.4 is 20.7 Å². The number of ether oxygens (including phenoxy) is 3. The first-order chi connectivity index (χ1) is 17.0. The highest BCUT2D eigenvalue weighted by Gasteiger charge is 2.37. The van der Waals surface area contributed by atoms with E-state index in [0.29, 0.717) is 81.1 Å². The molecule has 5 rings (SSSR count). The Morgan fingerprint density at radius 2 is 2.17 bits per heavy atom. The molecule has 184 valence electrons. The minimum Gasteiger partial charge on any atom is -0.491 e. The lowest BCUT2D eigenvalue weighted by Crippen LogP contribution is -2.57. The first-order valence-electron chi connectivity index (χ1n) is 11.7. The predicted molar refractivity (Wildman–Crippen MR) is 129 cm³/mol. The summed E-state index contributed by atoms with van der Waals surface area (Å²) in [5.74, 6) is 1.75. The second-order valence-corrected chi connectivity index (χ2v) is 8.76. The maximum absolute atomic E-state index is 13.1. The van der Waals surface area contributed by atoms with E-state index in [9.17, 15) is 10.1 Å². The number of hydrogen-bond donors (Lipinski definition) is 4. The van der Waals surface area contributed by atoms with Crippen LogP contribution in [0.4, 0.5) is 11.5 Å². The van der Waals surface area contributed by atoms with Crippen LogP contribution in [-0.4, -0.2) is 74.9 Å². The summed E-state index contributed by atoms with van der Waals surface area (Å²) in [7, 11) is 1.64. The van der Waals surface area contributed by atoms with Crippen molar-refractivity contribution in [2.75, 3.05) is 58.5 Å². The number of benzene rings is 1. The lowest BCUT2D eigenvalue weighted by atomic mass is 9.98. The molecule has 0 aliphatic carbocycles. The molecule has 4 N–H and O–H groups in total. The average Bonchev–Trinajstić information content (AvgIpc) is 3.53. The quantitative estimate of drug-likeness (QED) is 0.457. The predicted octanol–water partition coefficient (Wildman–Crippen LogP) is 1.41. The van der Waals surface area contributed by atoms with E-state index in [4.69, 9.17) is 14.2 Å². The average molecular weight is 480 g/mol. The number of rotatable bonds is 6. The van der Waals surface area contributed by atoms with Gasteiger partial charge in [0.1, 0.15) is 23.3 Å². The van der Waals surface area contributed by atoms with Crippen LogP contribution in [0, 0.1) is 11.3 Å². The van der Waals surface area contributed by atoms with Gasteiger partial charge in [-0.25, -0.2) is 0 Å². The van der Waals surface area contributed by atoms with Gasteiger partial charge in [-0.1, -0.05) is 0 Å². The number of fused-ring (bicyclic) bond motifs is 2. The number of guanidine groups is 1. The zero-order chi connectivity index (χ0) is 24.4. The molecule has 1 fully saturated rings. The van der Waals surface area contributed by atoms with Crippen molar-refractivity contribution in [1.29, 1.82) is 5.26 Å². The maximum Gasteiger partial charge on any atom is 0.254 e. The highest BCUT2D eigenvalue weighted by atomic mass is 16.5. The largest absolute Gasteiger partial charge is 0.491 e. The van der Waals surface area contributed by atoms with Gasteiger partial charge in [0, 0.05) is 50.5 Å². The summed E-state index contributed by atoms with van der Waals surface area (Å²) in [6.45, 7) is 5.85. The molecule has 4 heterocycles. The van der Waals surface area contributed by atoms with Crippen molar-refractivity contribution in [2.24, 2.45) is 4.99 Å². The van der Waals surface area contributed by atoms with E-state index < -0.39 is 5.66 Å². The molecule has 1 amide bonds. The van der Waals surface area contributed by atoms with Gasteiger partial charge in [-0.2, -0.15) is 10.3 Å². The monoisotopic (exact) mass is 479 g/mol. The lowest BCUT2D eigenvalue weighted by Gasteiger charge is -2.36. The van der Waals surface area contributed by atoms with E-state index in [-0.39, 0.29) is 5.91 Å². The van der Waals surface area contributed by atoms with Crippen LogP contribution in [0.15, 0.2) is 23.3 Å². The number of aliphatic imine (C=N–C) groups is 1. The smallest absolute Gasteiger partial charge is 0.254 e. The zero-order valence-electron chi connectivity index (χ0n) is 19.9. The molecule has 11 nitrogen and oxygen atoms in total. The Hall–Kier alpha value is -3.59. The van der Waals surface area contributed by atoms with Gasteiger partial charge in [-0.05, 0) is 19.1 Å². The van der Waals surface area contributed by atoms with E-state index in [1.807, 2.05) is 24.0 Å². The Balaban J connectivity index is 1.43. The second kappa shape index (κ2) is 9.58. The molecule has 3 aliphatic heterocycles. The molecule has 1 saturated heterocycles. The maximum atomic E-state index is 13.1. The molecule has 0 bridgehead atoms. The molecule has 1 atom stereocenters. The van der Waals surface area contributed by atoms with Crippen molar-refractivity contribution in [1.82, 2.24) is 20.5 Å². The Kier molecular flexibility index (Phi) is 6.34. The summed E-state index contributed by atoms with van der Waals surface area (Å²) in [6, 6.07) is 5.93. The standard InChI is InChI=1S/C24H29N7O4/c1-24(27-6-10-33-2)19-15(13-25)14-26-21(19)29-23(30-24)28-18-4-3-17(16-5-9-35-20(16)18)22(32)31-7-11-34-12-8-31/h3-4,14,26-27H,5-12H2,1-2H3,(H2,28,29,30). The summed E-state index contributed by atoms with van der Waals surface area (Å²) in [6.07, 6.45) is 2.32. The molecular weight excluding hydrogens is 450 g/mol. The molecule has 11 heteroatoms. The summed E-state index contributed by atoms with van der Waals surface area (Å²) in [5, 5.41) is 19.7. The summed E-state index contributed by atoms with van der Waals surface area (Å²) in [4.78, 5) is 22.7. The van der Waals surface area contributed by atoms with Gasteiger partial charge >= 0.3 is 0 Å². The Labute approximate surface area is 203 Å². The highest BCUT2D eigenvalue weighted by Crippen LogP contribution is 2.38. The van der Waals surface area contributed by atoms with Gasteiger partial charge in [-0.15, -0.1) is 0 Å². The van der Waals surface area contributed by atoms with E-state index >= 15 is 0 Å². The molecule has 1 aromatic heterocycles. The first kappa shape index (κ1) is 23.2. The highest BCUT2D eigenvalue weighted by molar-refractivity contribution is 6.01. The number of carbonyl (C=O) groups is 1. The third kappa shape index (κ3) is 4.32. The number of anilines is 1. The van der Waals surface area contributed by atoms with Crippen molar-refractivity contribution < 1.29 is 19.0 Å². The fraction of sp³-hybridized carbons (Fsp3) is 0.458. The van der Waals surface area contributed by atoms with Gasteiger partial charge in [0.15, 0.2) is 0 Å². The number of aromatic amines is 1. The van der Waals surface area contributed by atoms with Gasteiger partial charge in [0.2, 0.25) is 5.96 Å². The topological polar surface area (TPSA) is 136 Å². The number of methoxy groups -OCH3 is 1. The van der Waals surface area contributed by atoms with Crippen molar-refractivity contribution >= 4 is 23.4 Å². The third-order valence-corrected chi connectivity index (χ3v) is 6.50. The van der Waals surface area contributed by atoms with E-state index in [0.717, 1.165) is 16.8 Å². The number of aromatic nitrogens is 1. The molecule has 35 heavy (non-hydrogen) atoms. The van der Waals surface area contributed by atoms with Crippen LogP contribution in [0.2, 0.25) is 0 Å². The fourth-order valence-corrected chi connectivity index (χ4v) is 4.79. The van der Waals surface area contributed by atoms with Crippen molar-refractivity contribution in [2.45, 2.75) is 19.0 Å². The zero-order valence-corrected chi connectivity index (χ0v) is 19.9. The first-order valence-corrected chi connectivity index (χ1v) is 11.7. The number of H-pyrrole nitrogens is 1. The summed E-state index contributed by atoms with van der Waals surface area (Å²) in [5.41, 5.74) is 2.78. The normalized spacial score (nSPS) is 20.7. The van der Waals surface area contributed by atoms with Crippen LogP contribution in [0.5, 0.6) is 5.75 Å². The molecule has 2 aromatic rings. The van der Waals surface area contributed by atoms with Crippen LogP contribution in [0.3, 0.4) is 0 Å². The van der Waals surface area contributed by atoms with E-state index in [1.165, 1.54) is 0 Å². The third-order valence-electron chi connectivity index (χ3n) is 6.50. The van der Waals surface area contributed by atoms with Crippen LogP contribution >= 0.6 is 0 Å². The van der Waals surface area contributed by atoms with Crippen LogP contribution in [0.25, 0.3) is 0 Å². The van der Waals surface area contributed by atoms with Crippen molar-refractivity contribution in [3.8, 4) is 11.8 Å². The van der Waals surface area contributed by atoms with Gasteiger partial charge in [-0.3, -0.25) is 10.1 Å². The van der Waals surface area contributed by atoms with Crippen LogP contribution in [0.1, 0.15) is 34.0 Å². The minimum atomic E-state index is -0.765. The van der Waals surface area contributed by atoms with Gasteiger partial charge in [0.25, 0.3) is 5.91 Å². The number of hydrogen-bond acceptors (Lipinski definition) is 9. The number of nitrogens with one attached hydrogen (secondary N) is 4. The Morgan fingerprint density at radius 3 is 2.94 bits per heavy atom. The van der Waals surface area contributed by atoms with E-state index in [1.54, 1.807) is 13.3 Å². The molecule has 0 saturated carbocycles. The molecule has 1 aromatic carbocycles. The van der Waals surface area contributed by atoms with Crippen molar-refractivity contribution in [3.05, 3.63) is 40.6 Å². The SMILES string of the molecule is COCCNC1(C)NC(Nc2ccc(C(=O)N3CCOCC3)c3c2OCC3)=Nc2[nH]cc(C#N)c21. The minimum absolute atomic E-state index is 0.00436. The molecule has 1 unspecified atom stereocenters. The van der Waals surface area contributed by atoms with E-state index in [2.05, 4.69) is 32.0 Å². The number of morpholine rings is 1. The second-order valence-electron chi connectivity index (χ2n) is 8.76. The molecular formula is C24H29N7O4. The lowest BCUT2D eigenvalue weighted by molar-refractivity contribution is 0.0302. The Bertz CT molecular complexity index is 1200. The molecule has 0 radical (unpaired) electrons. The molecule has 0 spiro atoms. The van der Waals surface area contributed by atoms with Gasteiger partial charge in [0.05, 0.1) is 43.2 Å². The Morgan fingerprint density at radius 1 is 1.34 bits per heavy atom. The number of carbonyl (C=O) groups excluding carboxylic acids is 1. The summed E-state index contributed by atoms with van der Waals surface area (Å²) >= 11 is 0. The summed E-state index contributed by atoms with van der Waals surface area (Å²) < 4.78 is 16.5. The number of nitrogens with zero attached hydrogens (tertiary/aromatic N) is 3. The van der Waals surface area contributed by atoms with Crippen LogP contribution in [-0.2, 0) is 21.6 Å². The number of nitriles is 1. The number of amides is 1. The molecule has 3 aliphatic rings. The van der Waals surface area contributed by atoms with Gasteiger partial charge < -0.3 is 34.7 Å². The van der Waals surface area contributed by atoms with Crippen molar-refractivity contribution in [3.63, 3.8) is 0 Å².